The lowest BCUT2D eigenvalue weighted by Gasteiger charge is -2.54. The maximum atomic E-state index is 2.99. The summed E-state index contributed by atoms with van der Waals surface area (Å²) in [6, 6.07) is 58.5. The van der Waals surface area contributed by atoms with Crippen molar-refractivity contribution in [1.29, 1.82) is 0 Å². The van der Waals surface area contributed by atoms with E-state index in [1.54, 1.807) is 10.8 Å². The summed E-state index contributed by atoms with van der Waals surface area (Å²) < 4.78 is 0. The number of nitrogens with zero attached hydrogens (tertiary/aromatic N) is 3. The van der Waals surface area contributed by atoms with Crippen molar-refractivity contribution in [2.24, 2.45) is 0 Å². The zero-order valence-electron chi connectivity index (χ0n) is 45.9. The van der Waals surface area contributed by atoms with Crippen molar-refractivity contribution in [2.75, 3.05) is 14.7 Å². The number of benzene rings is 7. The molecule has 0 amide bonds. The molecule has 0 N–H and O–H groups in total. The van der Waals surface area contributed by atoms with Crippen molar-refractivity contribution in [1.82, 2.24) is 0 Å². The lowest BCUT2D eigenvalue weighted by Crippen LogP contribution is -2.65. The van der Waals surface area contributed by atoms with Crippen molar-refractivity contribution in [2.45, 2.75) is 166 Å². The summed E-state index contributed by atoms with van der Waals surface area (Å²) in [4.78, 5) is 8.60. The van der Waals surface area contributed by atoms with Crippen molar-refractivity contribution in [3.05, 3.63) is 173 Å². The van der Waals surface area contributed by atoms with Crippen molar-refractivity contribution < 1.29 is 0 Å². The molecule has 370 valence electrons. The van der Waals surface area contributed by atoms with Gasteiger partial charge in [-0.3, -0.25) is 0 Å². The highest BCUT2D eigenvalue weighted by atomic mass is 28.3. The van der Waals surface area contributed by atoms with Crippen molar-refractivity contribution >= 4 is 76.2 Å². The van der Waals surface area contributed by atoms with Gasteiger partial charge in [0, 0.05) is 50.6 Å². The van der Waals surface area contributed by atoms with E-state index < -0.39 is 8.07 Å². The summed E-state index contributed by atoms with van der Waals surface area (Å²) >= 11 is 0. The molecule has 0 aromatic heterocycles. The van der Waals surface area contributed by atoms with E-state index in [4.69, 9.17) is 0 Å². The molecule has 7 aromatic carbocycles. The van der Waals surface area contributed by atoms with Crippen LogP contribution in [0.3, 0.4) is 0 Å². The van der Waals surface area contributed by atoms with Crippen LogP contribution in [0.5, 0.6) is 0 Å². The fourth-order valence-electron chi connectivity index (χ4n) is 15.7. The molecule has 73 heavy (non-hydrogen) atoms. The highest BCUT2D eigenvalue weighted by molar-refractivity contribution is 7.01. The molecule has 13 rings (SSSR count). The SMILES string of the molecule is CC(C)(C)c1cccc(N2c3cc(C(C)(C)C)ccc3B3c4cc([Si](C)(C)C)cc5c4N(c4cc(N6c7ccc(-c8ccccc8)cc7C7(C)CCCCC67C)cc2c43)C2(C)CCCCC52c2ccccc2)c1. The first-order valence-corrected chi connectivity index (χ1v) is 31.5. The smallest absolute Gasteiger partial charge is 0.252 e. The summed E-state index contributed by atoms with van der Waals surface area (Å²) in [6.07, 6.45) is 9.55. The molecule has 0 spiro atoms. The minimum Gasteiger partial charge on any atom is -0.335 e. The molecule has 3 nitrogen and oxygen atoms in total. The van der Waals surface area contributed by atoms with Gasteiger partial charge in [-0.25, -0.2) is 0 Å². The summed E-state index contributed by atoms with van der Waals surface area (Å²) in [5.74, 6) is 0. The molecular formula is C68H76BN3Si. The van der Waals surface area contributed by atoms with Gasteiger partial charge >= 0.3 is 0 Å². The van der Waals surface area contributed by atoms with Gasteiger partial charge in [-0.05, 0) is 148 Å². The van der Waals surface area contributed by atoms with Crippen LogP contribution in [0, 0.1) is 0 Å². The highest BCUT2D eigenvalue weighted by Gasteiger charge is 2.65. The third kappa shape index (κ3) is 6.42. The number of hydrogen-bond donors (Lipinski definition) is 0. The molecule has 5 heteroatoms. The average Bonchev–Trinajstić information content (AvgIpc) is 3.79. The molecule has 4 atom stereocenters. The molecule has 7 aromatic rings. The van der Waals surface area contributed by atoms with Crippen LogP contribution in [0.2, 0.25) is 19.6 Å². The van der Waals surface area contributed by atoms with Crippen LogP contribution in [-0.4, -0.2) is 25.9 Å². The van der Waals surface area contributed by atoms with Crippen LogP contribution in [0.1, 0.15) is 141 Å². The lowest BCUT2D eigenvalue weighted by molar-refractivity contribution is 0.195. The van der Waals surface area contributed by atoms with Gasteiger partial charge in [-0.2, -0.15) is 0 Å². The molecule has 4 unspecified atom stereocenters. The summed E-state index contributed by atoms with van der Waals surface area (Å²) in [5.41, 5.74) is 23.2. The monoisotopic (exact) mass is 974 g/mol. The van der Waals surface area contributed by atoms with Gasteiger partial charge in [0.05, 0.1) is 19.2 Å². The molecule has 2 aliphatic carbocycles. The number of fused-ring (bicyclic) bond motifs is 10. The number of hydrogen-bond acceptors (Lipinski definition) is 3. The van der Waals surface area contributed by atoms with Gasteiger partial charge in [0.1, 0.15) is 0 Å². The van der Waals surface area contributed by atoms with Crippen LogP contribution in [0.4, 0.5) is 39.8 Å². The predicted molar refractivity (Wildman–Crippen MR) is 317 cm³/mol. The Balaban J connectivity index is 1.18. The van der Waals surface area contributed by atoms with Crippen molar-refractivity contribution in [3.8, 4) is 11.1 Å². The Labute approximate surface area is 439 Å². The first-order chi connectivity index (χ1) is 34.7. The van der Waals surface area contributed by atoms with Gasteiger partial charge in [-0.15, -0.1) is 0 Å². The van der Waals surface area contributed by atoms with E-state index in [0.29, 0.717) is 0 Å². The fourth-order valence-corrected chi connectivity index (χ4v) is 16.9. The number of rotatable bonds is 5. The Hall–Kier alpha value is -5.78. The molecule has 2 saturated carbocycles. The molecule has 0 radical (unpaired) electrons. The van der Waals surface area contributed by atoms with Crippen LogP contribution in [0.15, 0.2) is 146 Å². The Morgan fingerprint density at radius 1 is 0.479 bits per heavy atom. The lowest BCUT2D eigenvalue weighted by atomic mass is 9.33. The van der Waals surface area contributed by atoms with Crippen molar-refractivity contribution in [3.63, 3.8) is 0 Å². The van der Waals surface area contributed by atoms with E-state index in [-0.39, 0.29) is 39.5 Å². The van der Waals surface area contributed by atoms with Gasteiger partial charge < -0.3 is 14.7 Å². The second kappa shape index (κ2) is 15.6. The first-order valence-electron chi connectivity index (χ1n) is 28.0. The maximum absolute atomic E-state index is 2.99. The van der Waals surface area contributed by atoms with E-state index in [1.165, 1.54) is 122 Å². The fraction of sp³-hybridized carbons (Fsp3) is 0.382. The van der Waals surface area contributed by atoms with E-state index >= 15 is 0 Å². The Morgan fingerprint density at radius 3 is 1.85 bits per heavy atom. The molecule has 0 saturated heterocycles. The van der Waals surface area contributed by atoms with Gasteiger partial charge in [0.25, 0.3) is 6.71 Å². The van der Waals surface area contributed by atoms with Crippen LogP contribution in [0.25, 0.3) is 11.1 Å². The second-order valence-corrected chi connectivity index (χ2v) is 32.1. The normalized spacial score (nSPS) is 24.7. The standard InChI is InChI=1S/C68H76BN3Si/c1-63(2,3)48-28-23-29-50(39-48)70-58-40-49(64(4,5)6)31-32-55(58)69-56-44-52(73(10,11)12)43-54-62(56)72(67(9)36-21-22-37-68(54,67)47-26-17-14-18-27-47)60-42-51(41-59(70)61(60)69)71-57-33-30-46(45-24-15-13-16-25-45)38-53(57)65(7)34-19-20-35-66(65,71)8/h13-18,23-33,38-44H,19-22,34-37H2,1-12H3. The van der Waals surface area contributed by atoms with E-state index in [1.807, 2.05) is 0 Å². The Bertz CT molecular complexity index is 3400. The average molecular weight is 974 g/mol. The molecule has 0 bridgehead atoms. The quantitative estimate of drug-likeness (QED) is 0.159. The van der Waals surface area contributed by atoms with Gasteiger partial charge in [-0.1, -0.05) is 202 Å². The van der Waals surface area contributed by atoms with Gasteiger partial charge in [0.15, 0.2) is 0 Å². The third-order valence-electron chi connectivity index (χ3n) is 19.9. The minimum absolute atomic E-state index is 0.0158. The van der Waals surface area contributed by atoms with E-state index in [0.717, 1.165) is 19.3 Å². The topological polar surface area (TPSA) is 9.72 Å². The first kappa shape index (κ1) is 47.0. The third-order valence-corrected chi connectivity index (χ3v) is 21.9. The minimum atomic E-state index is -1.84. The molecular weight excluding hydrogens is 898 g/mol. The highest BCUT2D eigenvalue weighted by Crippen LogP contribution is 2.66. The van der Waals surface area contributed by atoms with Gasteiger partial charge in [0.2, 0.25) is 0 Å². The number of anilines is 7. The molecule has 4 heterocycles. The molecule has 4 aliphatic heterocycles. The summed E-state index contributed by atoms with van der Waals surface area (Å²) in [7, 11) is -1.84. The largest absolute Gasteiger partial charge is 0.335 e. The molecule has 6 aliphatic rings. The Kier molecular flexibility index (Phi) is 10.1. The van der Waals surface area contributed by atoms with Crippen LogP contribution >= 0.6 is 0 Å². The van der Waals surface area contributed by atoms with Crippen LogP contribution < -0.4 is 36.3 Å². The van der Waals surface area contributed by atoms with E-state index in [2.05, 4.69) is 242 Å². The summed E-state index contributed by atoms with van der Waals surface area (Å²) in [6.45, 7) is 30.0. The second-order valence-electron chi connectivity index (χ2n) is 27.0. The van der Waals surface area contributed by atoms with E-state index in [9.17, 15) is 0 Å². The molecule has 2 fully saturated rings. The Morgan fingerprint density at radius 2 is 1.14 bits per heavy atom. The summed E-state index contributed by atoms with van der Waals surface area (Å²) in [5, 5.41) is 1.58. The van der Waals surface area contributed by atoms with Crippen LogP contribution in [-0.2, 0) is 21.7 Å². The zero-order chi connectivity index (χ0) is 50.8. The predicted octanol–water partition coefficient (Wildman–Crippen LogP) is 15.6. The zero-order valence-corrected chi connectivity index (χ0v) is 46.9. The maximum Gasteiger partial charge on any atom is 0.252 e.